The predicted octanol–water partition coefficient (Wildman–Crippen LogP) is 1.45. The molecule has 1 N–H and O–H groups in total. The van der Waals surface area contributed by atoms with Crippen LogP contribution in [0.2, 0.25) is 0 Å². The summed E-state index contributed by atoms with van der Waals surface area (Å²) in [6.45, 7) is 0. The SMILES string of the molecule is O=Cc1c(O)c2ccccc2[s+]([O-])c1=O. The van der Waals surface area contributed by atoms with Crippen LogP contribution in [0.3, 0.4) is 0 Å². The van der Waals surface area contributed by atoms with Crippen molar-refractivity contribution in [3.05, 3.63) is 39.4 Å². The van der Waals surface area contributed by atoms with Gasteiger partial charge in [0.15, 0.2) is 16.5 Å². The fraction of sp³-hybridized carbons (Fsp3) is 0. The van der Waals surface area contributed by atoms with Gasteiger partial charge in [-0.1, -0.05) is 12.1 Å². The zero-order valence-corrected chi connectivity index (χ0v) is 8.28. The molecule has 76 valence electrons. The number of rotatable bonds is 1. The Kier molecular flexibility index (Phi) is 2.26. The summed E-state index contributed by atoms with van der Waals surface area (Å²) in [5.74, 6) is -0.398. The third kappa shape index (κ3) is 1.33. The maximum Gasteiger partial charge on any atom is 0.388 e. The van der Waals surface area contributed by atoms with E-state index in [9.17, 15) is 19.2 Å². The second kappa shape index (κ2) is 3.45. The van der Waals surface area contributed by atoms with Crippen molar-refractivity contribution in [1.29, 1.82) is 0 Å². The molecule has 0 radical (unpaired) electrons. The van der Waals surface area contributed by atoms with Crippen molar-refractivity contribution in [2.75, 3.05) is 0 Å². The summed E-state index contributed by atoms with van der Waals surface area (Å²) in [7, 11) is -1.90. The van der Waals surface area contributed by atoms with Crippen LogP contribution in [0.4, 0.5) is 0 Å². The minimum Gasteiger partial charge on any atom is -0.587 e. The lowest BCUT2D eigenvalue weighted by atomic mass is 10.2. The van der Waals surface area contributed by atoms with Crippen LogP contribution in [-0.2, 0) is 0 Å². The fourth-order valence-corrected chi connectivity index (χ4v) is 2.48. The van der Waals surface area contributed by atoms with E-state index >= 15 is 0 Å². The Morgan fingerprint density at radius 2 is 2.00 bits per heavy atom. The van der Waals surface area contributed by atoms with Gasteiger partial charge in [0.25, 0.3) is 0 Å². The molecule has 0 bridgehead atoms. The Labute approximate surface area is 87.2 Å². The summed E-state index contributed by atoms with van der Waals surface area (Å²) in [5, 5.41) is 9.88. The number of aldehydes is 1. The zero-order valence-electron chi connectivity index (χ0n) is 7.47. The van der Waals surface area contributed by atoms with Gasteiger partial charge in [-0.15, -0.1) is 0 Å². The molecule has 2 rings (SSSR count). The van der Waals surface area contributed by atoms with Crippen LogP contribution < -0.4 is 4.74 Å². The maximum absolute atomic E-state index is 11.6. The number of benzene rings is 1. The molecule has 0 aliphatic rings. The van der Waals surface area contributed by atoms with E-state index in [0.29, 0.717) is 0 Å². The number of aromatic hydroxyl groups is 1. The number of hydrogen-bond acceptors (Lipinski definition) is 4. The smallest absolute Gasteiger partial charge is 0.388 e. The standard InChI is InChI=1S/C10H6O4S/c11-5-7-9(12)6-3-1-2-4-8(6)15(14)10(7)13/h1-5,12H. The van der Waals surface area contributed by atoms with Gasteiger partial charge in [0.2, 0.25) is 0 Å². The van der Waals surface area contributed by atoms with E-state index in [2.05, 4.69) is 0 Å². The number of fused-ring (bicyclic) bond motifs is 1. The first-order valence-electron chi connectivity index (χ1n) is 4.10. The molecule has 0 saturated heterocycles. The summed E-state index contributed by atoms with van der Waals surface area (Å²) in [6, 6.07) is 6.24. The lowest BCUT2D eigenvalue weighted by molar-refractivity contribution is 0.112. The molecule has 1 unspecified atom stereocenters. The normalized spacial score (nSPS) is 11.7. The van der Waals surface area contributed by atoms with Gasteiger partial charge in [0, 0.05) is 10.8 Å². The van der Waals surface area contributed by atoms with Crippen LogP contribution in [0, 0.1) is 0 Å². The second-order valence-corrected chi connectivity index (χ2v) is 4.28. The van der Waals surface area contributed by atoms with Crippen molar-refractivity contribution in [3.8, 4) is 5.75 Å². The highest BCUT2D eigenvalue weighted by molar-refractivity contribution is 7.29. The first-order chi connectivity index (χ1) is 7.16. The summed E-state index contributed by atoms with van der Waals surface area (Å²) in [6.07, 6.45) is 0.228. The van der Waals surface area contributed by atoms with Gasteiger partial charge in [-0.2, -0.15) is 0 Å². The molecule has 1 aromatic heterocycles. The molecule has 0 amide bonds. The van der Waals surface area contributed by atoms with Crippen LogP contribution in [-0.4, -0.2) is 15.9 Å². The molecule has 0 fully saturated rings. The Morgan fingerprint density at radius 1 is 1.33 bits per heavy atom. The van der Waals surface area contributed by atoms with E-state index < -0.39 is 26.8 Å². The van der Waals surface area contributed by atoms with Crippen molar-refractivity contribution in [2.45, 2.75) is 0 Å². The molecule has 2 aromatic rings. The molecule has 0 aliphatic heterocycles. The van der Waals surface area contributed by atoms with Crippen molar-refractivity contribution in [1.82, 2.24) is 0 Å². The molecule has 4 nitrogen and oxygen atoms in total. The summed E-state index contributed by atoms with van der Waals surface area (Å²) < 4.78 is 11.0. The predicted molar refractivity (Wildman–Crippen MR) is 55.9 cm³/mol. The third-order valence-electron chi connectivity index (χ3n) is 2.10. The molecule has 1 aromatic carbocycles. The quantitative estimate of drug-likeness (QED) is 0.585. The highest BCUT2D eigenvalue weighted by Crippen LogP contribution is 2.31. The average molecular weight is 222 g/mol. The Balaban J connectivity index is 3.09. The number of carbonyl (C=O) groups is 1. The summed E-state index contributed by atoms with van der Waals surface area (Å²) in [5.41, 5.74) is -0.424. The highest BCUT2D eigenvalue weighted by Gasteiger charge is 2.19. The highest BCUT2D eigenvalue weighted by atomic mass is 32.2. The van der Waals surface area contributed by atoms with Crippen LogP contribution in [0.1, 0.15) is 10.4 Å². The molecule has 5 heteroatoms. The lowest BCUT2D eigenvalue weighted by Gasteiger charge is -2.02. The number of carbonyl (C=O) groups excluding carboxylic acids is 1. The Bertz CT molecular complexity index is 600. The topological polar surface area (TPSA) is 77.4 Å². The van der Waals surface area contributed by atoms with E-state index in [4.69, 9.17) is 0 Å². The minimum absolute atomic E-state index is 0.228. The van der Waals surface area contributed by atoms with Gasteiger partial charge in [-0.3, -0.25) is 4.79 Å². The average Bonchev–Trinajstić information content (AvgIpc) is 2.27. The van der Waals surface area contributed by atoms with Gasteiger partial charge in [0.1, 0.15) is 5.75 Å². The monoisotopic (exact) mass is 222 g/mol. The first-order valence-corrected chi connectivity index (χ1v) is 5.25. The van der Waals surface area contributed by atoms with E-state index in [1.807, 2.05) is 0 Å². The van der Waals surface area contributed by atoms with Crippen molar-refractivity contribution in [2.24, 2.45) is 0 Å². The van der Waals surface area contributed by atoms with Gasteiger partial charge in [0.05, 0.1) is 5.39 Å². The Morgan fingerprint density at radius 3 is 2.67 bits per heavy atom. The molecule has 0 spiro atoms. The van der Waals surface area contributed by atoms with Crippen LogP contribution in [0.5, 0.6) is 5.75 Å². The van der Waals surface area contributed by atoms with Crippen molar-refractivity contribution >= 4 is 27.1 Å². The van der Waals surface area contributed by atoms with Gasteiger partial charge in [-0.25, -0.2) is 4.79 Å². The van der Waals surface area contributed by atoms with E-state index in [1.54, 1.807) is 12.1 Å². The van der Waals surface area contributed by atoms with Gasteiger partial charge in [-0.05, 0) is 12.1 Å². The van der Waals surface area contributed by atoms with Crippen LogP contribution in [0.25, 0.3) is 10.1 Å². The molecule has 1 atom stereocenters. The summed E-state index contributed by atoms with van der Waals surface area (Å²) >= 11 is 0. The van der Waals surface area contributed by atoms with Crippen molar-refractivity contribution in [3.63, 3.8) is 0 Å². The molecule has 1 heterocycles. The maximum atomic E-state index is 11.6. The molecule has 15 heavy (non-hydrogen) atoms. The van der Waals surface area contributed by atoms with Crippen molar-refractivity contribution < 1.29 is 14.5 Å². The fourth-order valence-electron chi connectivity index (χ4n) is 1.37. The molecule has 0 aliphatic carbocycles. The van der Waals surface area contributed by atoms with Gasteiger partial charge >= 0.3 is 4.74 Å². The molecular weight excluding hydrogens is 216 g/mol. The van der Waals surface area contributed by atoms with Gasteiger partial charge < -0.3 is 9.66 Å². The summed E-state index contributed by atoms with van der Waals surface area (Å²) in [4.78, 5) is 21.9. The third-order valence-corrected chi connectivity index (χ3v) is 3.42. The van der Waals surface area contributed by atoms with E-state index in [0.717, 1.165) is 0 Å². The molecular formula is C10H6O4S. The first kappa shape index (κ1) is 9.82. The lowest BCUT2D eigenvalue weighted by Crippen LogP contribution is -2.07. The zero-order chi connectivity index (χ0) is 11.0. The number of hydrogen-bond donors (Lipinski definition) is 1. The van der Waals surface area contributed by atoms with E-state index in [1.165, 1.54) is 12.1 Å². The molecule has 0 saturated carbocycles. The largest absolute Gasteiger partial charge is 0.587 e. The van der Waals surface area contributed by atoms with Crippen LogP contribution in [0.15, 0.2) is 29.1 Å². The second-order valence-electron chi connectivity index (χ2n) is 2.93. The Hall–Kier alpha value is -1.72. The van der Waals surface area contributed by atoms with Crippen LogP contribution >= 0.6 is 10.8 Å². The van der Waals surface area contributed by atoms with E-state index in [-0.39, 0.29) is 16.4 Å². The minimum atomic E-state index is -1.90.